The lowest BCUT2D eigenvalue weighted by atomic mass is 10.3. The summed E-state index contributed by atoms with van der Waals surface area (Å²) in [6.45, 7) is -0.499. The van der Waals surface area contributed by atoms with Crippen molar-refractivity contribution in [2.75, 3.05) is 30.9 Å². The fourth-order valence-corrected chi connectivity index (χ4v) is 1.29. The fourth-order valence-electron chi connectivity index (χ4n) is 1.29. The van der Waals surface area contributed by atoms with Crippen LogP contribution in [-0.2, 0) is 6.18 Å². The lowest BCUT2D eigenvalue weighted by molar-refractivity contribution is -0.145. The van der Waals surface area contributed by atoms with Crippen LogP contribution < -0.4 is 10.2 Å². The summed E-state index contributed by atoms with van der Waals surface area (Å²) in [5, 5.41) is 2.41. The van der Waals surface area contributed by atoms with Crippen LogP contribution in [0, 0.1) is 0 Å². The molecule has 0 aliphatic heterocycles. The fraction of sp³-hybridized carbons (Fsp3) is 0.600. The lowest BCUT2D eigenvalue weighted by Gasteiger charge is -2.20. The molecule has 0 aromatic carbocycles. The molecular weight excluding hydrogens is 290 g/mol. The van der Waals surface area contributed by atoms with Crippen LogP contribution in [0.1, 0.15) is 12.2 Å². The van der Waals surface area contributed by atoms with Crippen molar-refractivity contribution in [1.82, 2.24) is 9.97 Å². The number of nitrogens with one attached hydrogen (secondary N) is 1. The number of anilines is 2. The maximum atomic E-state index is 12.6. The maximum absolute atomic E-state index is 12.6. The summed E-state index contributed by atoms with van der Waals surface area (Å²) in [4.78, 5) is 7.45. The topological polar surface area (TPSA) is 41.0 Å². The van der Waals surface area contributed by atoms with Gasteiger partial charge in [-0.1, -0.05) is 0 Å². The molecule has 114 valence electrons. The molecule has 1 heterocycles. The van der Waals surface area contributed by atoms with E-state index in [-0.39, 0.29) is 11.6 Å². The van der Waals surface area contributed by atoms with Crippen LogP contribution >= 0.6 is 0 Å². The zero-order valence-electron chi connectivity index (χ0n) is 10.6. The van der Waals surface area contributed by atoms with Crippen molar-refractivity contribution in [2.24, 2.45) is 0 Å². The SMILES string of the molecule is CNc1cc(N(C)CCC(F)(F)F)nc(C(F)(F)F)n1. The van der Waals surface area contributed by atoms with Crippen molar-refractivity contribution in [3.63, 3.8) is 0 Å². The minimum absolute atomic E-state index is 0.124. The molecular formula is C10H12F6N4. The third-order valence-corrected chi connectivity index (χ3v) is 2.34. The Hall–Kier alpha value is -1.74. The zero-order valence-corrected chi connectivity index (χ0v) is 10.6. The molecule has 0 amide bonds. The van der Waals surface area contributed by atoms with Gasteiger partial charge in [0.2, 0.25) is 5.82 Å². The Morgan fingerprint density at radius 2 is 1.75 bits per heavy atom. The van der Waals surface area contributed by atoms with Gasteiger partial charge in [-0.15, -0.1) is 0 Å². The van der Waals surface area contributed by atoms with Crippen LogP contribution in [0.2, 0.25) is 0 Å². The van der Waals surface area contributed by atoms with Crippen molar-refractivity contribution in [3.8, 4) is 0 Å². The molecule has 0 saturated carbocycles. The quantitative estimate of drug-likeness (QED) is 0.868. The molecule has 10 heteroatoms. The average Bonchev–Trinajstić information content (AvgIpc) is 2.33. The Balaban J connectivity index is 2.99. The number of rotatable bonds is 4. The molecule has 1 aromatic heterocycles. The third-order valence-electron chi connectivity index (χ3n) is 2.34. The first kappa shape index (κ1) is 16.3. The summed E-state index contributed by atoms with van der Waals surface area (Å²) < 4.78 is 74.0. The monoisotopic (exact) mass is 302 g/mol. The van der Waals surface area contributed by atoms with Gasteiger partial charge >= 0.3 is 12.4 Å². The largest absolute Gasteiger partial charge is 0.451 e. The van der Waals surface area contributed by atoms with Gasteiger partial charge in [-0.3, -0.25) is 0 Å². The number of hydrogen-bond donors (Lipinski definition) is 1. The van der Waals surface area contributed by atoms with Crippen LogP contribution in [0.4, 0.5) is 38.0 Å². The van der Waals surface area contributed by atoms with Gasteiger partial charge in [0.15, 0.2) is 0 Å². The van der Waals surface area contributed by atoms with E-state index < -0.39 is 31.1 Å². The predicted molar refractivity (Wildman–Crippen MR) is 60.5 cm³/mol. The molecule has 4 nitrogen and oxygen atoms in total. The molecule has 0 radical (unpaired) electrons. The highest BCUT2D eigenvalue weighted by molar-refractivity contribution is 5.48. The Labute approximate surface area is 110 Å². The lowest BCUT2D eigenvalue weighted by Crippen LogP contribution is -2.26. The van der Waals surface area contributed by atoms with Gasteiger partial charge in [0.25, 0.3) is 0 Å². The van der Waals surface area contributed by atoms with Gasteiger partial charge in [0, 0.05) is 26.7 Å². The van der Waals surface area contributed by atoms with Gasteiger partial charge < -0.3 is 10.2 Å². The number of aromatic nitrogens is 2. The van der Waals surface area contributed by atoms with E-state index in [9.17, 15) is 26.3 Å². The molecule has 1 aromatic rings. The van der Waals surface area contributed by atoms with E-state index in [1.165, 1.54) is 14.1 Å². The summed E-state index contributed by atoms with van der Waals surface area (Å²) in [6.07, 6.45) is -10.3. The van der Waals surface area contributed by atoms with Crippen molar-refractivity contribution in [1.29, 1.82) is 0 Å². The molecule has 0 saturated heterocycles. The molecule has 0 unspecified atom stereocenters. The molecule has 0 aliphatic rings. The highest BCUT2D eigenvalue weighted by Crippen LogP contribution is 2.29. The normalized spacial score (nSPS) is 12.4. The number of hydrogen-bond acceptors (Lipinski definition) is 4. The van der Waals surface area contributed by atoms with Gasteiger partial charge in [0.1, 0.15) is 11.6 Å². The first-order chi connectivity index (χ1) is 9.03. The van der Waals surface area contributed by atoms with Crippen LogP contribution in [0.3, 0.4) is 0 Å². The molecule has 0 bridgehead atoms. The molecule has 1 N–H and O–H groups in total. The van der Waals surface area contributed by atoms with Gasteiger partial charge in [-0.05, 0) is 0 Å². The Morgan fingerprint density at radius 3 is 2.20 bits per heavy atom. The van der Waals surface area contributed by atoms with E-state index in [2.05, 4.69) is 15.3 Å². The molecule has 0 aliphatic carbocycles. The maximum Gasteiger partial charge on any atom is 0.451 e. The van der Waals surface area contributed by atoms with Crippen LogP contribution in [0.15, 0.2) is 6.07 Å². The first-order valence-electron chi connectivity index (χ1n) is 5.45. The zero-order chi connectivity index (χ0) is 15.6. The molecule has 0 spiro atoms. The van der Waals surface area contributed by atoms with Gasteiger partial charge in [0.05, 0.1) is 6.42 Å². The highest BCUT2D eigenvalue weighted by Gasteiger charge is 2.36. The van der Waals surface area contributed by atoms with E-state index in [1.807, 2.05) is 0 Å². The summed E-state index contributed by atoms with van der Waals surface area (Å²) in [7, 11) is 2.58. The standard InChI is InChI=1S/C10H12F6N4/c1-17-6-5-7(19-8(18-6)10(14,15)16)20(2)4-3-9(11,12)13/h5H,3-4H2,1-2H3,(H,17,18,19). The van der Waals surface area contributed by atoms with E-state index in [0.29, 0.717) is 0 Å². The Morgan fingerprint density at radius 1 is 1.15 bits per heavy atom. The van der Waals surface area contributed by atoms with Crippen LogP contribution in [0.25, 0.3) is 0 Å². The molecule has 0 atom stereocenters. The Kier molecular flexibility index (Phi) is 4.66. The van der Waals surface area contributed by atoms with E-state index in [1.54, 1.807) is 0 Å². The minimum Gasteiger partial charge on any atom is -0.373 e. The van der Waals surface area contributed by atoms with Crippen LogP contribution in [0.5, 0.6) is 0 Å². The summed E-state index contributed by atoms with van der Waals surface area (Å²) in [6, 6.07) is 1.14. The van der Waals surface area contributed by atoms with E-state index in [0.717, 1.165) is 11.0 Å². The summed E-state index contributed by atoms with van der Waals surface area (Å²) >= 11 is 0. The Bertz CT molecular complexity index is 456. The highest BCUT2D eigenvalue weighted by atomic mass is 19.4. The smallest absolute Gasteiger partial charge is 0.373 e. The van der Waals surface area contributed by atoms with Crippen molar-refractivity contribution >= 4 is 11.6 Å². The number of alkyl halides is 6. The van der Waals surface area contributed by atoms with E-state index >= 15 is 0 Å². The third kappa shape index (κ3) is 4.74. The minimum atomic E-state index is -4.77. The molecule has 1 rings (SSSR count). The van der Waals surface area contributed by atoms with E-state index in [4.69, 9.17) is 0 Å². The second kappa shape index (κ2) is 5.71. The van der Waals surface area contributed by atoms with Crippen LogP contribution in [-0.4, -0.2) is 36.8 Å². The van der Waals surface area contributed by atoms with Crippen molar-refractivity contribution < 1.29 is 26.3 Å². The second-order valence-corrected chi connectivity index (χ2v) is 3.97. The number of nitrogens with zero attached hydrogens (tertiary/aromatic N) is 3. The van der Waals surface area contributed by atoms with Crippen molar-refractivity contribution in [3.05, 3.63) is 11.9 Å². The van der Waals surface area contributed by atoms with Crippen molar-refractivity contribution in [2.45, 2.75) is 18.8 Å². The predicted octanol–water partition coefficient (Wildman–Crippen LogP) is 2.93. The first-order valence-corrected chi connectivity index (χ1v) is 5.45. The molecule has 0 fully saturated rings. The van der Waals surface area contributed by atoms with Gasteiger partial charge in [-0.2, -0.15) is 26.3 Å². The average molecular weight is 302 g/mol. The second-order valence-electron chi connectivity index (χ2n) is 3.97. The van der Waals surface area contributed by atoms with Gasteiger partial charge in [-0.25, -0.2) is 9.97 Å². The summed E-state index contributed by atoms with van der Waals surface area (Å²) in [5.74, 6) is -1.76. The molecule has 20 heavy (non-hydrogen) atoms. The number of halogens is 6. The summed E-state index contributed by atoms with van der Waals surface area (Å²) in [5.41, 5.74) is 0.